The van der Waals surface area contributed by atoms with Gasteiger partial charge in [-0.3, -0.25) is 4.98 Å². The van der Waals surface area contributed by atoms with E-state index in [-0.39, 0.29) is 22.5 Å². The molecule has 214 valence electrons. The third-order valence-corrected chi connectivity index (χ3v) is 6.22. The molecule has 2 N–H and O–H groups in total. The maximum absolute atomic E-state index is 16.8. The van der Waals surface area contributed by atoms with Gasteiger partial charge in [-0.25, -0.2) is 28.6 Å². The van der Waals surface area contributed by atoms with Crippen LogP contribution in [-0.2, 0) is 18.9 Å². The summed E-state index contributed by atoms with van der Waals surface area (Å²) >= 11 is 0. The van der Waals surface area contributed by atoms with E-state index in [9.17, 15) is 19.2 Å². The molecule has 4 aromatic rings. The molecule has 0 unspecified atom stereocenters. The second-order valence-electron chi connectivity index (χ2n) is 9.13. The number of carbonyl (C=O) groups is 3. The average Bonchev–Trinajstić information content (AvgIpc) is 3.26. The van der Waals surface area contributed by atoms with Crippen molar-refractivity contribution in [3.63, 3.8) is 0 Å². The zero-order valence-electron chi connectivity index (χ0n) is 21.8. The Morgan fingerprint density at radius 1 is 0.810 bits per heavy atom. The van der Waals surface area contributed by atoms with Crippen LogP contribution in [0.15, 0.2) is 108 Å². The van der Waals surface area contributed by atoms with Crippen molar-refractivity contribution in [2.75, 3.05) is 11.9 Å². The Hall–Kier alpha value is -5.36. The van der Waals surface area contributed by atoms with Gasteiger partial charge in [0.15, 0.2) is 18.9 Å². The number of ether oxygens (including phenoxy) is 4. The molecule has 0 radical (unpaired) electrons. The van der Waals surface area contributed by atoms with Crippen LogP contribution in [0.1, 0.15) is 31.1 Å². The van der Waals surface area contributed by atoms with Crippen molar-refractivity contribution < 1.29 is 37.7 Å². The normalized spacial score (nSPS) is 21.2. The smallest absolute Gasteiger partial charge is 0.346 e. The molecule has 1 saturated heterocycles. The number of H-pyrrole nitrogens is 1. The molecular weight excluding hydrogens is 549 g/mol. The minimum Gasteiger partial charge on any atom is -0.456 e. The molecule has 1 aromatic heterocycles. The van der Waals surface area contributed by atoms with E-state index in [4.69, 9.17) is 18.9 Å². The van der Waals surface area contributed by atoms with Crippen LogP contribution < -0.4 is 11.0 Å². The summed E-state index contributed by atoms with van der Waals surface area (Å²) in [4.78, 5) is 56.6. The van der Waals surface area contributed by atoms with Gasteiger partial charge in [0.05, 0.1) is 16.7 Å². The van der Waals surface area contributed by atoms with Crippen LogP contribution in [0.3, 0.4) is 0 Å². The quantitative estimate of drug-likeness (QED) is 0.225. The lowest BCUT2D eigenvalue weighted by Crippen LogP contribution is -2.48. The van der Waals surface area contributed by atoms with Gasteiger partial charge in [-0.2, -0.15) is 0 Å². The van der Waals surface area contributed by atoms with Gasteiger partial charge in [0, 0.05) is 6.20 Å². The molecule has 2 heterocycles. The Labute approximate surface area is 238 Å². The Kier molecular flexibility index (Phi) is 8.34. The van der Waals surface area contributed by atoms with Crippen molar-refractivity contribution in [2.24, 2.45) is 0 Å². The lowest BCUT2D eigenvalue weighted by molar-refractivity contribution is -0.193. The number of anilines is 1. The first-order valence-corrected chi connectivity index (χ1v) is 12.8. The van der Waals surface area contributed by atoms with Crippen LogP contribution in [0.5, 0.6) is 0 Å². The van der Waals surface area contributed by atoms with E-state index in [1.54, 1.807) is 54.6 Å². The fourth-order valence-electron chi connectivity index (χ4n) is 4.21. The topological polar surface area (TPSA) is 146 Å². The summed E-state index contributed by atoms with van der Waals surface area (Å²) in [5, 5.41) is 2.74. The molecule has 1 fully saturated rings. The number of nitrogens with zero attached hydrogens (tertiary/aromatic N) is 1. The van der Waals surface area contributed by atoms with Gasteiger partial charge in [-0.05, 0) is 42.5 Å². The predicted molar refractivity (Wildman–Crippen MR) is 145 cm³/mol. The number of rotatable bonds is 9. The Morgan fingerprint density at radius 2 is 1.33 bits per heavy atom. The molecule has 0 bridgehead atoms. The van der Waals surface area contributed by atoms with Gasteiger partial charge in [0.2, 0.25) is 6.10 Å². The number of benzene rings is 3. The number of nitrogens with one attached hydrogen (secondary N) is 2. The van der Waals surface area contributed by atoms with Crippen LogP contribution in [-0.4, -0.2) is 58.8 Å². The second kappa shape index (κ2) is 12.4. The van der Waals surface area contributed by atoms with Gasteiger partial charge in [-0.15, -0.1) is 0 Å². The first kappa shape index (κ1) is 28.2. The number of aromatic nitrogens is 2. The van der Waals surface area contributed by atoms with Crippen molar-refractivity contribution in [3.8, 4) is 0 Å². The van der Waals surface area contributed by atoms with E-state index in [0.717, 1.165) is 0 Å². The van der Waals surface area contributed by atoms with Crippen molar-refractivity contribution in [1.82, 2.24) is 9.97 Å². The zero-order valence-corrected chi connectivity index (χ0v) is 21.8. The first-order valence-electron chi connectivity index (χ1n) is 12.8. The third-order valence-electron chi connectivity index (χ3n) is 6.22. The fraction of sp³-hybridized carbons (Fsp3) is 0.167. The van der Waals surface area contributed by atoms with E-state index in [2.05, 4.69) is 15.3 Å². The van der Waals surface area contributed by atoms with Gasteiger partial charge in [0.1, 0.15) is 5.82 Å². The van der Waals surface area contributed by atoms with E-state index >= 15 is 4.39 Å². The summed E-state index contributed by atoms with van der Waals surface area (Å²) in [5.41, 5.74) is -0.350. The van der Waals surface area contributed by atoms with Gasteiger partial charge in [0.25, 0.3) is 5.85 Å². The molecule has 4 atom stereocenters. The molecule has 0 amide bonds. The van der Waals surface area contributed by atoms with E-state index in [1.165, 1.54) is 48.7 Å². The lowest BCUT2D eigenvalue weighted by Gasteiger charge is -2.27. The number of aromatic amines is 1. The summed E-state index contributed by atoms with van der Waals surface area (Å²) in [6.07, 6.45) is -3.88. The zero-order chi connectivity index (χ0) is 29.5. The standard InChI is InChI=1S/C30H24FN3O8/c31-30(18-39-26(35)19-10-4-1-5-11-19)24(41-28(37)21-14-8-3-9-15-21)23(40-27(36)20-12-6-2-7-13-20)25(42-30)33-22-16-17-32-29(38)34-22/h1-17,23-25H,18H2,(H2,32,33,34,38)/t23-,24+,25-,30-/m1/s1. The summed E-state index contributed by atoms with van der Waals surface area (Å²) in [6, 6.07) is 24.8. The molecule has 5 rings (SSSR count). The third kappa shape index (κ3) is 6.50. The maximum atomic E-state index is 16.8. The minimum atomic E-state index is -3.00. The minimum absolute atomic E-state index is 0.0411. The molecule has 12 heteroatoms. The average molecular weight is 574 g/mol. The number of carbonyl (C=O) groups excluding carboxylic acids is 3. The SMILES string of the molecule is O=C(OC[C@@]1(F)O[C@@H](Nc2ccnc(=O)[nH]2)[C@H](OC(=O)c2ccccc2)[C@@H]1OC(=O)c1ccccc1)c1ccccc1. The molecular formula is C30H24FN3O8. The maximum Gasteiger partial charge on any atom is 0.346 e. The summed E-state index contributed by atoms with van der Waals surface area (Å²) < 4.78 is 38.8. The van der Waals surface area contributed by atoms with Gasteiger partial charge >= 0.3 is 23.6 Å². The number of halogens is 1. The van der Waals surface area contributed by atoms with Crippen molar-refractivity contribution in [2.45, 2.75) is 24.3 Å². The number of hydrogen-bond acceptors (Lipinski definition) is 10. The molecule has 0 spiro atoms. The Morgan fingerprint density at radius 3 is 1.88 bits per heavy atom. The Balaban J connectivity index is 1.49. The van der Waals surface area contributed by atoms with Crippen LogP contribution in [0.4, 0.5) is 10.2 Å². The van der Waals surface area contributed by atoms with Gasteiger partial charge < -0.3 is 24.3 Å². The van der Waals surface area contributed by atoms with Crippen molar-refractivity contribution >= 4 is 23.7 Å². The van der Waals surface area contributed by atoms with Crippen LogP contribution in [0, 0.1) is 0 Å². The molecule has 1 aliphatic heterocycles. The largest absolute Gasteiger partial charge is 0.456 e. The highest BCUT2D eigenvalue weighted by Crippen LogP contribution is 2.38. The predicted octanol–water partition coefficient (Wildman–Crippen LogP) is 3.51. The van der Waals surface area contributed by atoms with Gasteiger partial charge in [-0.1, -0.05) is 54.6 Å². The fourth-order valence-corrected chi connectivity index (χ4v) is 4.21. The van der Waals surface area contributed by atoms with E-state index < -0.39 is 54.5 Å². The lowest BCUT2D eigenvalue weighted by atomic mass is 10.1. The highest BCUT2D eigenvalue weighted by atomic mass is 19.2. The van der Waals surface area contributed by atoms with Crippen LogP contribution in [0.2, 0.25) is 0 Å². The Bertz CT molecular complexity index is 1600. The summed E-state index contributed by atoms with van der Waals surface area (Å²) in [6.45, 7) is -1.03. The second-order valence-corrected chi connectivity index (χ2v) is 9.13. The summed E-state index contributed by atoms with van der Waals surface area (Å²) in [7, 11) is 0. The number of hydrogen-bond donors (Lipinski definition) is 2. The van der Waals surface area contributed by atoms with Crippen LogP contribution in [0.25, 0.3) is 0 Å². The summed E-state index contributed by atoms with van der Waals surface area (Å²) in [5.74, 6) is -5.64. The van der Waals surface area contributed by atoms with Crippen molar-refractivity contribution in [3.05, 3.63) is 130 Å². The molecule has 0 saturated carbocycles. The monoisotopic (exact) mass is 573 g/mol. The molecule has 11 nitrogen and oxygen atoms in total. The molecule has 3 aromatic carbocycles. The number of esters is 3. The van der Waals surface area contributed by atoms with Crippen LogP contribution >= 0.6 is 0 Å². The number of alkyl halides is 1. The highest BCUT2D eigenvalue weighted by Gasteiger charge is 2.62. The highest BCUT2D eigenvalue weighted by molar-refractivity contribution is 5.91. The molecule has 42 heavy (non-hydrogen) atoms. The van der Waals surface area contributed by atoms with Crippen molar-refractivity contribution in [1.29, 1.82) is 0 Å². The molecule has 1 aliphatic rings. The van der Waals surface area contributed by atoms with E-state index in [1.807, 2.05) is 0 Å². The first-order chi connectivity index (χ1) is 20.3. The van der Waals surface area contributed by atoms with E-state index in [0.29, 0.717) is 0 Å². The molecule has 0 aliphatic carbocycles.